The van der Waals surface area contributed by atoms with E-state index in [0.29, 0.717) is 49.4 Å². The Morgan fingerprint density at radius 2 is 2.08 bits per heavy atom. The van der Waals surface area contributed by atoms with Crippen LogP contribution in [0, 0.1) is 11.8 Å². The number of urea groups is 1. The minimum Gasteiger partial charge on any atom is -0.375 e. The number of amides is 3. The molecule has 1 saturated carbocycles. The number of rotatable bonds is 7. The summed E-state index contributed by atoms with van der Waals surface area (Å²) in [4.78, 5) is 33.0. The molecular formula is C18H29N5O2S. The summed E-state index contributed by atoms with van der Waals surface area (Å²) >= 11 is 1.40. The van der Waals surface area contributed by atoms with Crippen molar-refractivity contribution in [3.63, 3.8) is 0 Å². The predicted octanol–water partition coefficient (Wildman–Crippen LogP) is 1.95. The number of nitrogens with two attached hydrogens (primary N) is 1. The predicted molar refractivity (Wildman–Crippen MR) is 103 cm³/mol. The fraction of sp³-hybridized carbons (Fsp3) is 0.722. The molecular weight excluding hydrogens is 350 g/mol. The van der Waals surface area contributed by atoms with Gasteiger partial charge >= 0.3 is 6.03 Å². The van der Waals surface area contributed by atoms with E-state index in [1.165, 1.54) is 24.2 Å². The van der Waals surface area contributed by atoms with Crippen molar-refractivity contribution in [3.05, 3.63) is 11.1 Å². The summed E-state index contributed by atoms with van der Waals surface area (Å²) in [5, 5.41) is 5.62. The van der Waals surface area contributed by atoms with Gasteiger partial charge in [-0.05, 0) is 39.0 Å². The first-order valence-corrected chi connectivity index (χ1v) is 10.4. The Bertz CT molecular complexity index is 641. The molecule has 0 radical (unpaired) electrons. The summed E-state index contributed by atoms with van der Waals surface area (Å²) in [6.07, 6.45) is 3.42. The average molecular weight is 380 g/mol. The first kappa shape index (κ1) is 18.9. The number of nitrogen functional groups attached to an aromatic ring is 1. The minimum absolute atomic E-state index is 0.0318. The van der Waals surface area contributed by atoms with Gasteiger partial charge in [0.15, 0.2) is 5.13 Å². The van der Waals surface area contributed by atoms with Gasteiger partial charge in [-0.15, -0.1) is 11.3 Å². The molecule has 2 atom stereocenters. The molecule has 2 fully saturated rings. The van der Waals surface area contributed by atoms with Crippen LogP contribution in [0.15, 0.2) is 5.38 Å². The third-order valence-electron chi connectivity index (χ3n) is 5.42. The number of likely N-dealkylation sites (tertiary alicyclic amines) is 1. The van der Waals surface area contributed by atoms with E-state index in [2.05, 4.69) is 10.3 Å². The van der Waals surface area contributed by atoms with E-state index in [1.807, 2.05) is 29.0 Å². The maximum absolute atomic E-state index is 12.7. The second-order valence-electron chi connectivity index (χ2n) is 7.21. The number of aryl methyl sites for hydroxylation is 1. The zero-order valence-electron chi connectivity index (χ0n) is 15.6. The summed E-state index contributed by atoms with van der Waals surface area (Å²) in [6, 6.07) is 0.158. The molecule has 1 aliphatic heterocycles. The molecule has 1 aromatic rings. The highest BCUT2D eigenvalue weighted by atomic mass is 32.1. The second kappa shape index (κ2) is 8.24. The average Bonchev–Trinajstić information content (AvgIpc) is 3.25. The highest BCUT2D eigenvalue weighted by molar-refractivity contribution is 7.13. The molecule has 1 saturated heterocycles. The Labute approximate surface area is 158 Å². The van der Waals surface area contributed by atoms with Gasteiger partial charge in [-0.3, -0.25) is 4.79 Å². The van der Waals surface area contributed by atoms with Crippen molar-refractivity contribution >= 4 is 28.4 Å². The Balaban J connectivity index is 1.55. The molecule has 7 nitrogen and oxygen atoms in total. The zero-order valence-corrected chi connectivity index (χ0v) is 16.4. The number of nitrogens with zero attached hydrogens (tertiary/aromatic N) is 3. The molecule has 0 aromatic carbocycles. The molecule has 0 unspecified atom stereocenters. The van der Waals surface area contributed by atoms with Crippen molar-refractivity contribution in [1.82, 2.24) is 20.1 Å². The molecule has 3 rings (SSSR count). The third-order valence-corrected chi connectivity index (χ3v) is 6.14. The molecule has 8 heteroatoms. The van der Waals surface area contributed by atoms with Gasteiger partial charge in [0.2, 0.25) is 5.91 Å². The van der Waals surface area contributed by atoms with Crippen LogP contribution in [0.3, 0.4) is 0 Å². The quantitative estimate of drug-likeness (QED) is 0.757. The van der Waals surface area contributed by atoms with Crippen molar-refractivity contribution in [3.8, 4) is 0 Å². The van der Waals surface area contributed by atoms with Gasteiger partial charge in [0, 0.05) is 43.9 Å². The van der Waals surface area contributed by atoms with E-state index in [9.17, 15) is 9.59 Å². The van der Waals surface area contributed by atoms with E-state index < -0.39 is 0 Å². The Morgan fingerprint density at radius 3 is 2.65 bits per heavy atom. The van der Waals surface area contributed by atoms with E-state index in [1.54, 1.807) is 0 Å². The summed E-state index contributed by atoms with van der Waals surface area (Å²) in [7, 11) is 0. The first-order chi connectivity index (χ1) is 12.5. The molecule has 1 aliphatic carbocycles. The summed E-state index contributed by atoms with van der Waals surface area (Å²) < 4.78 is 0. The topological polar surface area (TPSA) is 91.6 Å². The van der Waals surface area contributed by atoms with Crippen LogP contribution < -0.4 is 11.1 Å². The van der Waals surface area contributed by atoms with Gasteiger partial charge in [-0.25, -0.2) is 9.78 Å². The summed E-state index contributed by atoms with van der Waals surface area (Å²) in [5.74, 6) is 1.06. The molecule has 144 valence electrons. The van der Waals surface area contributed by atoms with Crippen molar-refractivity contribution in [2.24, 2.45) is 11.8 Å². The van der Waals surface area contributed by atoms with Crippen molar-refractivity contribution < 1.29 is 9.59 Å². The lowest BCUT2D eigenvalue weighted by Crippen LogP contribution is -2.44. The van der Waals surface area contributed by atoms with Gasteiger partial charge in [0.05, 0.1) is 11.7 Å². The smallest absolute Gasteiger partial charge is 0.320 e. The molecule has 2 heterocycles. The van der Waals surface area contributed by atoms with Gasteiger partial charge in [-0.2, -0.15) is 0 Å². The van der Waals surface area contributed by atoms with Gasteiger partial charge in [-0.1, -0.05) is 0 Å². The summed E-state index contributed by atoms with van der Waals surface area (Å²) in [6.45, 7) is 6.81. The number of carbonyl (C=O) groups is 2. The fourth-order valence-corrected chi connectivity index (χ4v) is 4.39. The molecule has 26 heavy (non-hydrogen) atoms. The second-order valence-corrected chi connectivity index (χ2v) is 8.10. The van der Waals surface area contributed by atoms with Crippen LogP contribution in [0.25, 0.3) is 0 Å². The standard InChI is InChI=1S/C18H29N5O2S/c1-3-22(4-2)18(25)23-9-14(12-5-6-12)15(10-23)21-16(24)8-7-13-11-26-17(19)20-13/h11-12,14-15H,3-10H2,1-2H3,(H2,19,20)(H,21,24)/t14-,15+/m1/s1. The largest absolute Gasteiger partial charge is 0.375 e. The molecule has 3 amide bonds. The highest BCUT2D eigenvalue weighted by Crippen LogP contribution is 2.41. The monoisotopic (exact) mass is 379 g/mol. The van der Waals surface area contributed by atoms with Gasteiger partial charge in [0.25, 0.3) is 0 Å². The molecule has 3 N–H and O–H groups in total. The molecule has 0 bridgehead atoms. The maximum Gasteiger partial charge on any atom is 0.320 e. The van der Waals surface area contributed by atoms with Crippen LogP contribution in [0.5, 0.6) is 0 Å². The SMILES string of the molecule is CCN(CC)C(=O)N1C[C@H](NC(=O)CCc2csc(N)n2)[C@@H](C2CC2)C1. The van der Waals surface area contributed by atoms with Crippen LogP contribution in [0.4, 0.5) is 9.93 Å². The zero-order chi connectivity index (χ0) is 18.7. The Hall–Kier alpha value is -1.83. The number of hydrogen-bond donors (Lipinski definition) is 2. The summed E-state index contributed by atoms with van der Waals surface area (Å²) in [5.41, 5.74) is 6.50. The van der Waals surface area contributed by atoms with Crippen LogP contribution in [0.1, 0.15) is 38.8 Å². The van der Waals surface area contributed by atoms with Crippen molar-refractivity contribution in [2.75, 3.05) is 31.9 Å². The maximum atomic E-state index is 12.7. The lowest BCUT2D eigenvalue weighted by molar-refractivity contribution is -0.122. The fourth-order valence-electron chi connectivity index (χ4n) is 3.79. The molecule has 0 spiro atoms. The number of thiazole rings is 1. The van der Waals surface area contributed by atoms with Crippen LogP contribution in [-0.4, -0.2) is 58.9 Å². The van der Waals surface area contributed by atoms with Gasteiger partial charge < -0.3 is 20.9 Å². The lowest BCUT2D eigenvalue weighted by atomic mass is 9.98. The van der Waals surface area contributed by atoms with E-state index in [4.69, 9.17) is 5.73 Å². The number of aromatic nitrogens is 1. The number of anilines is 1. The lowest BCUT2D eigenvalue weighted by Gasteiger charge is -2.26. The minimum atomic E-state index is 0.0318. The third kappa shape index (κ3) is 4.47. The van der Waals surface area contributed by atoms with Crippen molar-refractivity contribution in [2.45, 2.75) is 45.6 Å². The van der Waals surface area contributed by atoms with Crippen molar-refractivity contribution in [1.29, 1.82) is 0 Å². The van der Waals surface area contributed by atoms with Gasteiger partial charge in [0.1, 0.15) is 0 Å². The highest BCUT2D eigenvalue weighted by Gasteiger charge is 2.44. The molecule has 1 aromatic heterocycles. The van der Waals surface area contributed by atoms with E-state index >= 15 is 0 Å². The Morgan fingerprint density at radius 1 is 1.35 bits per heavy atom. The van der Waals surface area contributed by atoms with E-state index in [0.717, 1.165) is 12.2 Å². The Kier molecular flexibility index (Phi) is 6.01. The number of carbonyl (C=O) groups excluding carboxylic acids is 2. The van der Waals surface area contributed by atoms with Crippen LogP contribution in [0.2, 0.25) is 0 Å². The van der Waals surface area contributed by atoms with Crippen LogP contribution in [-0.2, 0) is 11.2 Å². The van der Waals surface area contributed by atoms with E-state index in [-0.39, 0.29) is 18.0 Å². The number of nitrogens with one attached hydrogen (secondary N) is 1. The normalized spacial score (nSPS) is 22.5. The molecule has 2 aliphatic rings. The first-order valence-electron chi connectivity index (χ1n) is 9.54. The number of hydrogen-bond acceptors (Lipinski definition) is 5. The van der Waals surface area contributed by atoms with Crippen LogP contribution >= 0.6 is 11.3 Å².